The van der Waals surface area contributed by atoms with Crippen LogP contribution in [-0.2, 0) is 36.9 Å². The van der Waals surface area contributed by atoms with Gasteiger partial charge >= 0.3 is 12.1 Å². The van der Waals surface area contributed by atoms with Gasteiger partial charge in [-0.3, -0.25) is 9.59 Å². The van der Waals surface area contributed by atoms with Gasteiger partial charge in [-0.1, -0.05) is 67.6 Å². The molecule has 9 nitrogen and oxygen atoms in total. The van der Waals surface area contributed by atoms with Crippen molar-refractivity contribution in [3.05, 3.63) is 71.8 Å². The van der Waals surface area contributed by atoms with E-state index in [1.807, 2.05) is 60.7 Å². The molecule has 0 fully saturated rings. The van der Waals surface area contributed by atoms with Crippen molar-refractivity contribution >= 4 is 23.9 Å². The molecular weight excluding hydrogens is 450 g/mol. The predicted molar refractivity (Wildman–Crippen MR) is 130 cm³/mol. The van der Waals surface area contributed by atoms with Gasteiger partial charge in [0.1, 0.15) is 24.2 Å². The number of carbonyl (C=O) groups is 4. The molecule has 188 valence electrons. The number of rotatable bonds is 11. The average molecular weight is 484 g/mol. The van der Waals surface area contributed by atoms with Crippen LogP contribution >= 0.6 is 0 Å². The normalized spacial score (nSPS) is 13.9. The Morgan fingerprint density at radius 3 is 1.97 bits per heavy atom. The zero-order valence-corrected chi connectivity index (χ0v) is 20.5. The van der Waals surface area contributed by atoms with Crippen LogP contribution < -0.4 is 16.0 Å². The molecule has 0 bridgehead atoms. The van der Waals surface area contributed by atoms with Crippen LogP contribution in [0, 0.1) is 0 Å². The number of benzene rings is 2. The molecule has 0 aromatic heterocycles. The van der Waals surface area contributed by atoms with E-state index >= 15 is 0 Å². The van der Waals surface area contributed by atoms with Crippen LogP contribution in [0.15, 0.2) is 60.7 Å². The molecule has 0 aliphatic rings. The smallest absolute Gasteiger partial charge is 0.408 e. The minimum atomic E-state index is -1.37. The zero-order chi connectivity index (χ0) is 25.8. The second-order valence-electron chi connectivity index (χ2n) is 8.23. The molecule has 2 aromatic carbocycles. The van der Waals surface area contributed by atoms with Crippen molar-refractivity contribution in [3.8, 4) is 0 Å². The van der Waals surface area contributed by atoms with E-state index in [2.05, 4.69) is 16.0 Å². The van der Waals surface area contributed by atoms with E-state index in [0.717, 1.165) is 11.1 Å². The van der Waals surface area contributed by atoms with Crippen LogP contribution in [0.25, 0.3) is 0 Å². The van der Waals surface area contributed by atoms with Gasteiger partial charge in [-0.25, -0.2) is 9.59 Å². The molecule has 3 amide bonds. The van der Waals surface area contributed by atoms with Crippen molar-refractivity contribution in [3.63, 3.8) is 0 Å². The van der Waals surface area contributed by atoms with Crippen molar-refractivity contribution in [2.75, 3.05) is 7.11 Å². The highest BCUT2D eigenvalue weighted by molar-refractivity contribution is 5.95. The summed E-state index contributed by atoms with van der Waals surface area (Å²) in [5.74, 6) is -1.71. The molecule has 9 heteroatoms. The summed E-state index contributed by atoms with van der Waals surface area (Å²) >= 11 is 0. The van der Waals surface area contributed by atoms with E-state index in [1.165, 1.54) is 21.0 Å². The quantitative estimate of drug-likeness (QED) is 0.422. The van der Waals surface area contributed by atoms with Gasteiger partial charge in [0.05, 0.1) is 7.11 Å². The van der Waals surface area contributed by atoms with Gasteiger partial charge in [-0.2, -0.15) is 0 Å². The van der Waals surface area contributed by atoms with Crippen molar-refractivity contribution in [2.45, 2.75) is 57.8 Å². The maximum Gasteiger partial charge on any atom is 0.408 e. The van der Waals surface area contributed by atoms with Gasteiger partial charge < -0.3 is 25.4 Å². The molecule has 0 spiro atoms. The maximum atomic E-state index is 13.3. The third-order valence-corrected chi connectivity index (χ3v) is 5.59. The van der Waals surface area contributed by atoms with E-state index in [9.17, 15) is 19.2 Å². The van der Waals surface area contributed by atoms with Crippen molar-refractivity contribution in [2.24, 2.45) is 0 Å². The Labute approximate surface area is 205 Å². The molecular formula is C26H33N3O6. The molecule has 3 atom stereocenters. The highest BCUT2D eigenvalue weighted by Crippen LogP contribution is 2.19. The fourth-order valence-corrected chi connectivity index (χ4v) is 3.42. The molecule has 2 rings (SSSR count). The Kier molecular flexibility index (Phi) is 10.3. The number of hydrogen-bond acceptors (Lipinski definition) is 6. The van der Waals surface area contributed by atoms with Crippen LogP contribution in [0.1, 0.15) is 38.3 Å². The summed E-state index contributed by atoms with van der Waals surface area (Å²) in [6.07, 6.45) is -0.343. The lowest BCUT2D eigenvalue weighted by Crippen LogP contribution is -2.64. The van der Waals surface area contributed by atoms with E-state index in [4.69, 9.17) is 9.47 Å². The highest BCUT2D eigenvalue weighted by atomic mass is 16.5. The van der Waals surface area contributed by atoms with Crippen LogP contribution in [-0.4, -0.2) is 48.6 Å². The number of hydrogen-bond donors (Lipinski definition) is 3. The van der Waals surface area contributed by atoms with Gasteiger partial charge in [-0.05, 0) is 31.4 Å². The second-order valence-corrected chi connectivity index (χ2v) is 8.23. The van der Waals surface area contributed by atoms with Crippen molar-refractivity contribution in [1.29, 1.82) is 0 Å². The topological polar surface area (TPSA) is 123 Å². The Hall–Kier alpha value is -3.88. The van der Waals surface area contributed by atoms with Crippen LogP contribution in [0.3, 0.4) is 0 Å². The summed E-state index contributed by atoms with van der Waals surface area (Å²) in [5.41, 5.74) is 0.257. The fraction of sp³-hybridized carbons (Fsp3) is 0.385. The van der Waals surface area contributed by atoms with Gasteiger partial charge in [0.15, 0.2) is 0 Å². The predicted octanol–water partition coefficient (Wildman–Crippen LogP) is 2.49. The number of esters is 1. The Balaban J connectivity index is 2.12. The minimum Gasteiger partial charge on any atom is -0.467 e. The van der Waals surface area contributed by atoms with Crippen molar-refractivity contribution < 1.29 is 28.7 Å². The first kappa shape index (κ1) is 27.4. The molecule has 0 aliphatic heterocycles. The molecule has 0 saturated carbocycles. The number of carbonyl (C=O) groups excluding carboxylic acids is 4. The van der Waals surface area contributed by atoms with Gasteiger partial charge in [-0.15, -0.1) is 0 Å². The molecule has 0 heterocycles. The molecule has 35 heavy (non-hydrogen) atoms. The van der Waals surface area contributed by atoms with Crippen molar-refractivity contribution in [1.82, 2.24) is 16.0 Å². The van der Waals surface area contributed by atoms with Gasteiger partial charge in [0, 0.05) is 6.42 Å². The first-order valence-corrected chi connectivity index (χ1v) is 11.4. The molecule has 2 aromatic rings. The second kappa shape index (κ2) is 13.1. The number of methoxy groups -OCH3 is 1. The number of alkyl carbamates (subject to hydrolysis) is 1. The molecule has 3 N–H and O–H groups in total. The summed E-state index contributed by atoms with van der Waals surface area (Å²) < 4.78 is 9.87. The minimum absolute atomic E-state index is 0.0573. The largest absolute Gasteiger partial charge is 0.467 e. The first-order chi connectivity index (χ1) is 16.7. The number of nitrogens with one attached hydrogen (secondary N) is 3. The summed E-state index contributed by atoms with van der Waals surface area (Å²) in [4.78, 5) is 50.4. The molecule has 0 unspecified atom stereocenters. The van der Waals surface area contributed by atoms with E-state index < -0.39 is 41.5 Å². The SMILES string of the molecule is CC[C@](Cc1ccccc1)(NC(=O)[C@H](C)NC(=O)OCc1ccccc1)C(=O)N[C@@H](C)C(=O)OC. The Bertz CT molecular complexity index is 999. The van der Waals surface area contributed by atoms with Gasteiger partial charge in [0.25, 0.3) is 0 Å². The molecule has 0 aliphatic carbocycles. The highest BCUT2D eigenvalue weighted by Gasteiger charge is 2.40. The zero-order valence-electron chi connectivity index (χ0n) is 20.5. The average Bonchev–Trinajstić information content (AvgIpc) is 2.87. The third-order valence-electron chi connectivity index (χ3n) is 5.59. The van der Waals surface area contributed by atoms with Crippen LogP contribution in [0.5, 0.6) is 0 Å². The first-order valence-electron chi connectivity index (χ1n) is 11.4. The summed E-state index contributed by atoms with van der Waals surface area (Å²) in [7, 11) is 1.23. The third kappa shape index (κ3) is 8.13. The molecule has 0 radical (unpaired) electrons. The molecule has 0 saturated heterocycles. The van der Waals surface area contributed by atoms with Crippen LogP contribution in [0.4, 0.5) is 4.79 Å². The summed E-state index contributed by atoms with van der Waals surface area (Å²) in [6, 6.07) is 16.5. The monoisotopic (exact) mass is 483 g/mol. The number of ether oxygens (including phenoxy) is 2. The fourth-order valence-electron chi connectivity index (χ4n) is 3.42. The summed E-state index contributed by atoms with van der Waals surface area (Å²) in [6.45, 7) is 4.82. The lowest BCUT2D eigenvalue weighted by atomic mass is 9.86. The summed E-state index contributed by atoms with van der Waals surface area (Å²) in [5, 5.41) is 7.91. The van der Waals surface area contributed by atoms with E-state index in [0.29, 0.717) is 0 Å². The lowest BCUT2D eigenvalue weighted by molar-refractivity contribution is -0.145. The van der Waals surface area contributed by atoms with Crippen LogP contribution in [0.2, 0.25) is 0 Å². The van der Waals surface area contributed by atoms with Gasteiger partial charge in [0.2, 0.25) is 11.8 Å². The van der Waals surface area contributed by atoms with E-state index in [-0.39, 0.29) is 19.4 Å². The standard InChI is InChI=1S/C26H33N3O6/c1-5-26(16-20-12-8-6-9-13-20,24(32)27-19(3)23(31)34-4)29-22(30)18(2)28-25(33)35-17-21-14-10-7-11-15-21/h6-15,18-19H,5,16-17H2,1-4H3,(H,27,32)(H,28,33)(H,29,30)/t18-,19-,26+/m0/s1. The maximum absolute atomic E-state index is 13.3. The Morgan fingerprint density at radius 2 is 1.43 bits per heavy atom. The lowest BCUT2D eigenvalue weighted by Gasteiger charge is -2.34. The van der Waals surface area contributed by atoms with E-state index in [1.54, 1.807) is 6.92 Å². The Morgan fingerprint density at radius 1 is 0.857 bits per heavy atom. The number of amides is 3.